The van der Waals surface area contributed by atoms with Crippen LogP contribution in [0.25, 0.3) is 0 Å². The molecule has 0 radical (unpaired) electrons. The van der Waals surface area contributed by atoms with E-state index >= 15 is 0 Å². The van der Waals surface area contributed by atoms with Crippen molar-refractivity contribution in [3.05, 3.63) is 107 Å². The fraction of sp³-hybridized carbons (Fsp3) is 0.160. The van der Waals surface area contributed by atoms with Crippen molar-refractivity contribution < 1.29 is 0 Å². The number of hydrogen-bond acceptors (Lipinski definition) is 2. The van der Waals surface area contributed by atoms with Gasteiger partial charge in [-0.05, 0) is 60.2 Å². The third-order valence-electron chi connectivity index (χ3n) is 4.90. The molecular formula is C25H24N2S. The third kappa shape index (κ3) is 4.73. The van der Waals surface area contributed by atoms with Crippen LogP contribution in [0.3, 0.4) is 0 Å². The number of fused-ring (bicyclic) bond motifs is 1. The van der Waals surface area contributed by atoms with E-state index in [2.05, 4.69) is 96.1 Å². The first kappa shape index (κ1) is 18.6. The zero-order valence-electron chi connectivity index (χ0n) is 16.1. The molecule has 3 heteroatoms. The molecular weight excluding hydrogens is 360 g/mol. The number of hydrogen-bond donors (Lipinski definition) is 0. The number of aryl methyl sites for hydroxylation is 1. The smallest absolute Gasteiger partial charge is 0.130 e. The number of aliphatic imine (C=N–C) groups is 1. The zero-order chi connectivity index (χ0) is 19.2. The van der Waals surface area contributed by atoms with Crippen LogP contribution in [-0.4, -0.2) is 17.3 Å². The Labute approximate surface area is 171 Å². The molecule has 0 fully saturated rings. The summed E-state index contributed by atoms with van der Waals surface area (Å²) in [5, 5.41) is 2.14. The van der Waals surface area contributed by atoms with Gasteiger partial charge in [-0.1, -0.05) is 71.9 Å². The van der Waals surface area contributed by atoms with E-state index in [1.807, 2.05) is 6.07 Å². The van der Waals surface area contributed by atoms with Crippen molar-refractivity contribution in [1.29, 1.82) is 0 Å². The minimum Gasteiger partial charge on any atom is -0.352 e. The first-order valence-corrected chi connectivity index (χ1v) is 10.5. The molecule has 1 heterocycles. The van der Waals surface area contributed by atoms with Crippen LogP contribution in [0.2, 0.25) is 0 Å². The molecule has 0 N–H and O–H groups in total. The highest BCUT2D eigenvalue weighted by molar-refractivity contribution is 8.02. The largest absolute Gasteiger partial charge is 0.352 e. The SMILES string of the molecule is Cc1ccc(N=C(C=CSc2ccccc2)N2CCc3ccccc3C2)cc1. The second-order valence-electron chi connectivity index (χ2n) is 6.98. The van der Waals surface area contributed by atoms with Crippen LogP contribution in [0.5, 0.6) is 0 Å². The second-order valence-corrected chi connectivity index (χ2v) is 7.96. The predicted molar refractivity (Wildman–Crippen MR) is 120 cm³/mol. The molecule has 2 nitrogen and oxygen atoms in total. The van der Waals surface area contributed by atoms with Gasteiger partial charge in [0.1, 0.15) is 5.84 Å². The van der Waals surface area contributed by atoms with Crippen molar-refractivity contribution in [3.8, 4) is 0 Å². The summed E-state index contributed by atoms with van der Waals surface area (Å²) in [6.07, 6.45) is 3.20. The molecule has 4 rings (SSSR count). The monoisotopic (exact) mass is 384 g/mol. The molecule has 0 saturated carbocycles. The van der Waals surface area contributed by atoms with Crippen molar-refractivity contribution in [3.63, 3.8) is 0 Å². The lowest BCUT2D eigenvalue weighted by Gasteiger charge is -2.30. The van der Waals surface area contributed by atoms with Gasteiger partial charge in [0.05, 0.1) is 5.69 Å². The summed E-state index contributed by atoms with van der Waals surface area (Å²) in [5.41, 5.74) is 5.10. The average Bonchev–Trinajstić information content (AvgIpc) is 2.75. The first-order valence-electron chi connectivity index (χ1n) is 9.63. The van der Waals surface area contributed by atoms with Crippen molar-refractivity contribution in [2.24, 2.45) is 4.99 Å². The van der Waals surface area contributed by atoms with Crippen LogP contribution < -0.4 is 0 Å². The molecule has 0 aromatic heterocycles. The van der Waals surface area contributed by atoms with Gasteiger partial charge in [-0.25, -0.2) is 4.99 Å². The van der Waals surface area contributed by atoms with Crippen LogP contribution in [0.4, 0.5) is 5.69 Å². The lowest BCUT2D eigenvalue weighted by atomic mass is 10.00. The van der Waals surface area contributed by atoms with E-state index in [1.165, 1.54) is 21.6 Å². The highest BCUT2D eigenvalue weighted by atomic mass is 32.2. The minimum atomic E-state index is 0.904. The van der Waals surface area contributed by atoms with Gasteiger partial charge in [-0.15, -0.1) is 0 Å². The van der Waals surface area contributed by atoms with Gasteiger partial charge in [0.25, 0.3) is 0 Å². The summed E-state index contributed by atoms with van der Waals surface area (Å²) in [7, 11) is 0. The molecule has 0 bridgehead atoms. The Morgan fingerprint density at radius 2 is 1.61 bits per heavy atom. The van der Waals surface area contributed by atoms with Gasteiger partial charge in [-0.3, -0.25) is 0 Å². The summed E-state index contributed by atoms with van der Waals surface area (Å²) >= 11 is 1.72. The molecule has 3 aromatic rings. The molecule has 28 heavy (non-hydrogen) atoms. The molecule has 0 spiro atoms. The van der Waals surface area contributed by atoms with Gasteiger partial charge in [0, 0.05) is 18.0 Å². The molecule has 0 atom stereocenters. The van der Waals surface area contributed by atoms with Gasteiger partial charge in [0.15, 0.2) is 0 Å². The predicted octanol–water partition coefficient (Wildman–Crippen LogP) is 6.39. The molecule has 140 valence electrons. The lowest BCUT2D eigenvalue weighted by Crippen LogP contribution is -2.34. The van der Waals surface area contributed by atoms with Gasteiger partial charge in [0.2, 0.25) is 0 Å². The molecule has 0 aliphatic carbocycles. The van der Waals surface area contributed by atoms with E-state index in [0.717, 1.165) is 31.0 Å². The Balaban J connectivity index is 1.59. The number of nitrogens with zero attached hydrogens (tertiary/aromatic N) is 2. The standard InChI is InChI=1S/C25H24N2S/c1-20-11-13-23(14-12-20)26-25(16-18-28-24-9-3-2-4-10-24)27-17-15-21-7-5-6-8-22(21)19-27/h2-14,16,18H,15,17,19H2,1H3. The zero-order valence-corrected chi connectivity index (χ0v) is 16.9. The summed E-state index contributed by atoms with van der Waals surface area (Å²) in [4.78, 5) is 8.58. The fourth-order valence-corrected chi connectivity index (χ4v) is 3.99. The molecule has 0 saturated heterocycles. The Hall–Kier alpha value is -2.78. The normalized spacial score (nSPS) is 14.3. The third-order valence-corrected chi connectivity index (χ3v) is 5.71. The number of benzene rings is 3. The average molecular weight is 385 g/mol. The highest BCUT2D eigenvalue weighted by Gasteiger charge is 2.17. The maximum Gasteiger partial charge on any atom is 0.130 e. The number of amidine groups is 1. The van der Waals surface area contributed by atoms with Crippen molar-refractivity contribution in [2.45, 2.75) is 24.8 Å². The van der Waals surface area contributed by atoms with Crippen LogP contribution in [-0.2, 0) is 13.0 Å². The van der Waals surface area contributed by atoms with Crippen LogP contribution in [0.1, 0.15) is 16.7 Å². The van der Waals surface area contributed by atoms with Crippen LogP contribution >= 0.6 is 11.8 Å². The summed E-state index contributed by atoms with van der Waals surface area (Å²) in [6.45, 7) is 4.00. The molecule has 0 amide bonds. The second kappa shape index (κ2) is 8.94. The van der Waals surface area contributed by atoms with E-state index in [4.69, 9.17) is 4.99 Å². The van der Waals surface area contributed by atoms with Crippen LogP contribution in [0.15, 0.2) is 100 Å². The Bertz CT molecular complexity index is 975. The van der Waals surface area contributed by atoms with E-state index in [0.29, 0.717) is 0 Å². The van der Waals surface area contributed by atoms with E-state index < -0.39 is 0 Å². The Morgan fingerprint density at radius 1 is 0.893 bits per heavy atom. The summed E-state index contributed by atoms with van der Waals surface area (Å²) in [5.74, 6) is 1.02. The van der Waals surface area contributed by atoms with Gasteiger partial charge in [-0.2, -0.15) is 0 Å². The minimum absolute atomic E-state index is 0.904. The maximum atomic E-state index is 4.97. The summed E-state index contributed by atoms with van der Waals surface area (Å²) < 4.78 is 0. The first-order chi connectivity index (χ1) is 13.8. The Kier molecular flexibility index (Phi) is 5.93. The van der Waals surface area contributed by atoms with Crippen molar-refractivity contribution in [1.82, 2.24) is 4.90 Å². The topological polar surface area (TPSA) is 15.6 Å². The quantitative estimate of drug-likeness (QED) is 0.294. The number of thioether (sulfide) groups is 1. The highest BCUT2D eigenvalue weighted by Crippen LogP contribution is 2.23. The van der Waals surface area contributed by atoms with E-state index in [-0.39, 0.29) is 0 Å². The molecule has 0 unspecified atom stereocenters. The Morgan fingerprint density at radius 3 is 2.39 bits per heavy atom. The number of rotatable bonds is 4. The van der Waals surface area contributed by atoms with E-state index in [9.17, 15) is 0 Å². The van der Waals surface area contributed by atoms with Crippen molar-refractivity contribution in [2.75, 3.05) is 6.54 Å². The summed E-state index contributed by atoms with van der Waals surface area (Å²) in [6, 6.07) is 27.6. The van der Waals surface area contributed by atoms with Gasteiger partial charge >= 0.3 is 0 Å². The molecule has 3 aromatic carbocycles. The lowest BCUT2D eigenvalue weighted by molar-refractivity contribution is 0.396. The van der Waals surface area contributed by atoms with E-state index in [1.54, 1.807) is 11.8 Å². The molecule has 1 aliphatic rings. The molecule has 1 aliphatic heterocycles. The maximum absolute atomic E-state index is 4.97. The van der Waals surface area contributed by atoms with Crippen LogP contribution in [0, 0.1) is 6.92 Å². The fourth-order valence-electron chi connectivity index (χ4n) is 3.33. The van der Waals surface area contributed by atoms with Gasteiger partial charge < -0.3 is 4.90 Å². The van der Waals surface area contributed by atoms with Crippen molar-refractivity contribution >= 4 is 23.3 Å².